The number of piperidine rings is 1. The van der Waals surface area contributed by atoms with Crippen LogP contribution < -0.4 is 4.74 Å². The van der Waals surface area contributed by atoms with Crippen LogP contribution in [-0.4, -0.2) is 68.6 Å². The van der Waals surface area contributed by atoms with E-state index in [0.717, 1.165) is 74.7 Å². The van der Waals surface area contributed by atoms with E-state index in [4.69, 9.17) is 26.3 Å². The van der Waals surface area contributed by atoms with Crippen LogP contribution in [0, 0.1) is 11.7 Å². The highest BCUT2D eigenvalue weighted by molar-refractivity contribution is 6.30. The number of ether oxygens (including phenoxy) is 1. The molecule has 6 rings (SSSR count). The number of hydrogen-bond acceptors (Lipinski definition) is 6. The standard InChI is InChI=1S/C31H33ClFN5O3/c1-36-15-20(16-36)17-38-28-13-22(31(39)40)6-8-27(28)34-29(38)18-37-11-9-21(10-12-37)26-3-2-4-30(35-26)41-19-23-5-7-24(32)14-25(23)33/h2-8,13-14,20-21H,9-12,15-19H2,1H3,(H,39,40). The molecule has 2 fully saturated rings. The molecule has 0 saturated carbocycles. The van der Waals surface area contributed by atoms with E-state index in [9.17, 15) is 14.3 Å². The number of pyridine rings is 1. The van der Waals surface area contributed by atoms with Crippen molar-refractivity contribution >= 4 is 28.6 Å². The smallest absolute Gasteiger partial charge is 0.335 e. The summed E-state index contributed by atoms with van der Waals surface area (Å²) in [5, 5.41) is 9.89. The number of aromatic carboxylic acids is 1. The van der Waals surface area contributed by atoms with Crippen molar-refractivity contribution in [2.45, 2.75) is 38.5 Å². The Morgan fingerprint density at radius 1 is 1.10 bits per heavy atom. The van der Waals surface area contributed by atoms with E-state index in [2.05, 4.69) is 21.4 Å². The van der Waals surface area contributed by atoms with Gasteiger partial charge in [-0.15, -0.1) is 0 Å². The number of likely N-dealkylation sites (tertiary alicyclic amines) is 2. The number of fused-ring (bicyclic) bond motifs is 1. The van der Waals surface area contributed by atoms with Gasteiger partial charge in [-0.2, -0.15) is 0 Å². The monoisotopic (exact) mass is 577 g/mol. The Kier molecular flexibility index (Phi) is 7.92. The van der Waals surface area contributed by atoms with Crippen molar-refractivity contribution in [1.82, 2.24) is 24.3 Å². The second-order valence-corrected chi connectivity index (χ2v) is 11.6. The van der Waals surface area contributed by atoms with E-state index in [1.807, 2.05) is 18.2 Å². The van der Waals surface area contributed by atoms with Crippen molar-refractivity contribution in [3.05, 3.63) is 88.1 Å². The minimum absolute atomic E-state index is 0.0873. The molecule has 0 radical (unpaired) electrons. The first-order chi connectivity index (χ1) is 19.8. The third-order valence-corrected chi connectivity index (χ3v) is 8.40. The van der Waals surface area contributed by atoms with E-state index < -0.39 is 11.8 Å². The van der Waals surface area contributed by atoms with E-state index in [-0.39, 0.29) is 12.2 Å². The predicted octanol–water partition coefficient (Wildman–Crippen LogP) is 5.44. The highest BCUT2D eigenvalue weighted by atomic mass is 35.5. The number of carboxylic acid groups (broad SMARTS) is 1. The van der Waals surface area contributed by atoms with Crippen LogP contribution in [-0.2, 0) is 19.7 Å². The summed E-state index contributed by atoms with van der Waals surface area (Å²) in [7, 11) is 2.12. The number of carbonyl (C=O) groups is 1. The average molecular weight is 578 g/mol. The van der Waals surface area contributed by atoms with Crippen LogP contribution >= 0.6 is 11.6 Å². The summed E-state index contributed by atoms with van der Waals surface area (Å²) in [5.41, 5.74) is 3.44. The molecule has 0 atom stereocenters. The van der Waals surface area contributed by atoms with Crippen molar-refractivity contribution in [2.75, 3.05) is 33.2 Å². The molecule has 2 aromatic carbocycles. The van der Waals surface area contributed by atoms with Gasteiger partial charge in [0.2, 0.25) is 5.88 Å². The van der Waals surface area contributed by atoms with Gasteiger partial charge in [-0.05, 0) is 69.4 Å². The Morgan fingerprint density at radius 3 is 2.63 bits per heavy atom. The van der Waals surface area contributed by atoms with Gasteiger partial charge in [0.15, 0.2) is 0 Å². The molecule has 0 unspecified atom stereocenters. The topological polar surface area (TPSA) is 83.7 Å². The number of benzene rings is 2. The minimum Gasteiger partial charge on any atom is -0.478 e. The molecule has 4 aromatic rings. The summed E-state index contributed by atoms with van der Waals surface area (Å²) in [5.74, 6) is 0.995. The number of imidazole rings is 1. The van der Waals surface area contributed by atoms with Crippen molar-refractivity contribution in [3.8, 4) is 5.88 Å². The molecule has 214 valence electrons. The summed E-state index contributed by atoms with van der Waals surface area (Å²) in [6.07, 6.45) is 1.91. The van der Waals surface area contributed by atoms with E-state index in [0.29, 0.717) is 28.3 Å². The second kappa shape index (κ2) is 11.8. The van der Waals surface area contributed by atoms with Gasteiger partial charge >= 0.3 is 5.97 Å². The molecule has 2 saturated heterocycles. The van der Waals surface area contributed by atoms with Crippen LogP contribution in [0.3, 0.4) is 0 Å². The van der Waals surface area contributed by atoms with Crippen molar-refractivity contribution < 1.29 is 19.0 Å². The van der Waals surface area contributed by atoms with Crippen LogP contribution in [0.25, 0.3) is 11.0 Å². The third-order valence-electron chi connectivity index (χ3n) is 8.16. The maximum Gasteiger partial charge on any atom is 0.335 e. The van der Waals surface area contributed by atoms with Crippen LogP contribution in [0.1, 0.15) is 46.2 Å². The first kappa shape index (κ1) is 27.6. The Bertz CT molecular complexity index is 1560. The third kappa shape index (κ3) is 6.22. The zero-order chi connectivity index (χ0) is 28.5. The predicted molar refractivity (Wildman–Crippen MR) is 155 cm³/mol. The largest absolute Gasteiger partial charge is 0.478 e. The highest BCUT2D eigenvalue weighted by Gasteiger charge is 2.27. The Labute approximate surface area is 243 Å². The zero-order valence-electron chi connectivity index (χ0n) is 23.0. The summed E-state index contributed by atoms with van der Waals surface area (Å²) in [6, 6.07) is 15.5. The fraction of sp³-hybridized carbons (Fsp3) is 0.387. The molecule has 2 aliphatic rings. The fourth-order valence-electron chi connectivity index (χ4n) is 5.95. The molecule has 41 heavy (non-hydrogen) atoms. The molecule has 4 heterocycles. The maximum atomic E-state index is 14.1. The number of halogens is 2. The van der Waals surface area contributed by atoms with Crippen molar-refractivity contribution in [2.24, 2.45) is 5.92 Å². The van der Waals surface area contributed by atoms with Crippen molar-refractivity contribution in [1.29, 1.82) is 0 Å². The molecule has 0 aliphatic carbocycles. The molecular formula is C31H33ClFN5O3. The Balaban J connectivity index is 1.11. The van der Waals surface area contributed by atoms with Gasteiger partial charge in [-0.1, -0.05) is 23.7 Å². The molecule has 2 aromatic heterocycles. The molecule has 0 spiro atoms. The molecule has 1 N–H and O–H groups in total. The number of aromatic nitrogens is 3. The lowest BCUT2D eigenvalue weighted by atomic mass is 9.93. The van der Waals surface area contributed by atoms with Gasteiger partial charge in [0.25, 0.3) is 0 Å². The number of nitrogens with zero attached hydrogens (tertiary/aromatic N) is 5. The fourth-order valence-corrected chi connectivity index (χ4v) is 6.11. The van der Waals surface area contributed by atoms with E-state index in [1.165, 1.54) is 6.07 Å². The molecule has 2 aliphatic heterocycles. The normalized spacial score (nSPS) is 17.1. The van der Waals surface area contributed by atoms with Crippen LogP contribution in [0.2, 0.25) is 5.02 Å². The number of hydrogen-bond donors (Lipinski definition) is 1. The van der Waals surface area contributed by atoms with Gasteiger partial charge in [0.05, 0.1) is 23.1 Å². The first-order valence-electron chi connectivity index (χ1n) is 14.0. The van der Waals surface area contributed by atoms with Gasteiger partial charge < -0.3 is 19.3 Å². The lowest BCUT2D eigenvalue weighted by Crippen LogP contribution is -2.45. The van der Waals surface area contributed by atoms with E-state index in [1.54, 1.807) is 30.3 Å². The van der Waals surface area contributed by atoms with Crippen LogP contribution in [0.15, 0.2) is 54.6 Å². The molecule has 8 nitrogen and oxygen atoms in total. The second-order valence-electron chi connectivity index (χ2n) is 11.2. The number of carboxylic acids is 1. The summed E-state index contributed by atoms with van der Waals surface area (Å²) >= 11 is 5.85. The molecule has 10 heteroatoms. The lowest BCUT2D eigenvalue weighted by Gasteiger charge is -2.37. The van der Waals surface area contributed by atoms with Crippen molar-refractivity contribution in [3.63, 3.8) is 0 Å². The van der Waals surface area contributed by atoms with Gasteiger partial charge in [0, 0.05) is 53.8 Å². The number of rotatable bonds is 9. The van der Waals surface area contributed by atoms with Gasteiger partial charge in [-0.3, -0.25) is 4.90 Å². The molecule has 0 amide bonds. The average Bonchev–Trinajstić information content (AvgIpc) is 3.28. The highest BCUT2D eigenvalue weighted by Crippen LogP contribution is 2.30. The summed E-state index contributed by atoms with van der Waals surface area (Å²) in [6.45, 7) is 5.53. The Morgan fingerprint density at radius 2 is 1.90 bits per heavy atom. The minimum atomic E-state index is -0.924. The molecule has 0 bridgehead atoms. The SMILES string of the molecule is CN1CC(Cn2c(CN3CCC(c4cccc(OCc5ccc(Cl)cc5F)n4)CC3)nc3ccc(C(=O)O)cc32)C1. The molecular weight excluding hydrogens is 545 g/mol. The van der Waals surface area contributed by atoms with Crippen LogP contribution in [0.4, 0.5) is 4.39 Å². The zero-order valence-corrected chi connectivity index (χ0v) is 23.7. The quantitative estimate of drug-likeness (QED) is 0.283. The maximum absolute atomic E-state index is 14.1. The van der Waals surface area contributed by atoms with Gasteiger partial charge in [0.1, 0.15) is 18.2 Å². The lowest BCUT2D eigenvalue weighted by molar-refractivity contribution is 0.0697. The van der Waals surface area contributed by atoms with E-state index >= 15 is 0 Å². The summed E-state index contributed by atoms with van der Waals surface area (Å²) in [4.78, 5) is 26.0. The summed E-state index contributed by atoms with van der Waals surface area (Å²) < 4.78 is 22.2. The Hall–Kier alpha value is -3.53. The first-order valence-corrected chi connectivity index (χ1v) is 14.4. The van der Waals surface area contributed by atoms with Crippen LogP contribution in [0.5, 0.6) is 5.88 Å². The van der Waals surface area contributed by atoms with Gasteiger partial charge in [-0.25, -0.2) is 19.2 Å².